The van der Waals surface area contributed by atoms with E-state index in [1.807, 2.05) is 6.92 Å². The molecule has 0 amide bonds. The van der Waals surface area contributed by atoms with Crippen LogP contribution in [0.3, 0.4) is 0 Å². The van der Waals surface area contributed by atoms with Crippen molar-refractivity contribution in [3.8, 4) is 5.75 Å². The molecule has 0 unspecified atom stereocenters. The number of aromatic amines is 1. The van der Waals surface area contributed by atoms with Crippen molar-refractivity contribution in [2.24, 2.45) is 5.73 Å². The molecule has 0 saturated heterocycles. The van der Waals surface area contributed by atoms with E-state index in [1.165, 1.54) is 13.2 Å². The van der Waals surface area contributed by atoms with Crippen LogP contribution in [0.2, 0.25) is 0 Å². The number of nitrogens with zero attached hydrogens (tertiary/aromatic N) is 1. The molecule has 4 nitrogen and oxygen atoms in total. The molecule has 3 N–H and O–H groups in total. The Bertz CT molecular complexity index is 530. The topological polar surface area (TPSA) is 63.9 Å². The van der Waals surface area contributed by atoms with E-state index < -0.39 is 11.9 Å². The fourth-order valence-corrected chi connectivity index (χ4v) is 1.74. The van der Waals surface area contributed by atoms with Crippen LogP contribution in [-0.2, 0) is 0 Å². The third-order valence-electron chi connectivity index (χ3n) is 2.74. The third-order valence-corrected chi connectivity index (χ3v) is 2.74. The lowest BCUT2D eigenvalue weighted by Gasteiger charge is -2.12. The third kappa shape index (κ3) is 2.63. The Labute approximate surface area is 111 Å². The van der Waals surface area contributed by atoms with Crippen LogP contribution in [-0.4, -0.2) is 17.3 Å². The molecule has 0 radical (unpaired) electrons. The summed E-state index contributed by atoms with van der Waals surface area (Å²) in [7, 11) is 1.43. The van der Waals surface area contributed by atoms with E-state index in [2.05, 4.69) is 10.2 Å². The fraction of sp³-hybridized carbons (Fsp3) is 0.250. The second-order valence-electron chi connectivity index (χ2n) is 3.80. The second kappa shape index (κ2) is 5.84. The van der Waals surface area contributed by atoms with Gasteiger partial charge in [0.2, 0.25) is 0 Å². The molecule has 1 aromatic heterocycles. The number of nitrogens with one attached hydrogen (secondary N) is 1. The lowest BCUT2D eigenvalue weighted by Crippen LogP contribution is -2.12. The highest BCUT2D eigenvalue weighted by Crippen LogP contribution is 2.25. The van der Waals surface area contributed by atoms with Crippen LogP contribution in [0.15, 0.2) is 24.4 Å². The summed E-state index contributed by atoms with van der Waals surface area (Å²) >= 11 is 0. The summed E-state index contributed by atoms with van der Waals surface area (Å²) in [4.78, 5) is 0. The molecule has 6 heteroatoms. The summed E-state index contributed by atoms with van der Waals surface area (Å²) in [6.07, 6.45) is 1.72. The molecule has 0 aliphatic rings. The van der Waals surface area contributed by atoms with E-state index in [4.69, 9.17) is 10.5 Å². The first-order valence-corrected chi connectivity index (χ1v) is 5.22. The zero-order chi connectivity index (χ0) is 12.4. The summed E-state index contributed by atoms with van der Waals surface area (Å²) in [5.74, 6) is -0.202. The average Bonchev–Trinajstić information content (AvgIpc) is 2.74. The normalized spacial score (nSPS) is 11.8. The predicted molar refractivity (Wildman–Crippen MR) is 69.6 cm³/mol. The van der Waals surface area contributed by atoms with E-state index in [1.54, 1.807) is 18.3 Å². The smallest absolute Gasteiger partial charge is 0.165 e. The van der Waals surface area contributed by atoms with Crippen LogP contribution < -0.4 is 10.5 Å². The SMILES string of the molecule is COc1ccc([C@H](N)c2c[nH]nc2C)cc1F.Cl. The number of hydrogen-bond donors (Lipinski definition) is 2. The lowest BCUT2D eigenvalue weighted by atomic mass is 10.0. The number of ether oxygens (including phenoxy) is 1. The number of rotatable bonds is 3. The van der Waals surface area contributed by atoms with E-state index >= 15 is 0 Å². The fourth-order valence-electron chi connectivity index (χ4n) is 1.74. The minimum absolute atomic E-state index is 0. The van der Waals surface area contributed by atoms with Gasteiger partial charge in [-0.15, -0.1) is 12.4 Å². The standard InChI is InChI=1S/C12H14FN3O.ClH/c1-7-9(6-15-16-7)12(14)8-3-4-11(17-2)10(13)5-8;/h3-6,12H,14H2,1-2H3,(H,15,16);1H/t12-;/m0./s1. The Morgan fingerprint density at radius 3 is 2.67 bits per heavy atom. The zero-order valence-corrected chi connectivity index (χ0v) is 10.9. The maximum absolute atomic E-state index is 13.5. The van der Waals surface area contributed by atoms with Gasteiger partial charge in [0, 0.05) is 11.8 Å². The molecule has 0 bridgehead atoms. The number of methoxy groups -OCH3 is 1. The van der Waals surface area contributed by atoms with Crippen LogP contribution >= 0.6 is 12.4 Å². The highest BCUT2D eigenvalue weighted by Gasteiger charge is 2.15. The van der Waals surface area contributed by atoms with Crippen LogP contribution in [0.5, 0.6) is 5.75 Å². The van der Waals surface area contributed by atoms with E-state index in [0.717, 1.165) is 11.3 Å². The Kier molecular flexibility index (Phi) is 4.69. The van der Waals surface area contributed by atoms with Gasteiger partial charge in [-0.05, 0) is 24.6 Å². The van der Waals surface area contributed by atoms with Crippen molar-refractivity contribution in [1.82, 2.24) is 10.2 Å². The summed E-state index contributed by atoms with van der Waals surface area (Å²) in [5, 5.41) is 6.73. The summed E-state index contributed by atoms with van der Waals surface area (Å²) < 4.78 is 18.4. The van der Waals surface area contributed by atoms with Gasteiger partial charge in [-0.1, -0.05) is 6.07 Å². The average molecular weight is 272 g/mol. The van der Waals surface area contributed by atoms with Crippen molar-refractivity contribution in [3.63, 3.8) is 0 Å². The first kappa shape index (κ1) is 14.5. The van der Waals surface area contributed by atoms with Crippen molar-refractivity contribution >= 4 is 12.4 Å². The molecule has 0 aliphatic heterocycles. The minimum atomic E-state index is -0.415. The van der Waals surface area contributed by atoms with Crippen LogP contribution in [0, 0.1) is 12.7 Å². The molecule has 0 saturated carbocycles. The molecule has 0 fully saturated rings. The van der Waals surface area contributed by atoms with Crippen molar-refractivity contribution in [2.45, 2.75) is 13.0 Å². The van der Waals surface area contributed by atoms with Crippen LogP contribution in [0.25, 0.3) is 0 Å². The van der Waals surface area contributed by atoms with Gasteiger partial charge in [-0.25, -0.2) is 4.39 Å². The van der Waals surface area contributed by atoms with Gasteiger partial charge in [-0.2, -0.15) is 5.10 Å². The Balaban J connectivity index is 0.00000162. The molecule has 1 aromatic carbocycles. The summed E-state index contributed by atoms with van der Waals surface area (Å²) in [6, 6.07) is 4.31. The van der Waals surface area contributed by atoms with Gasteiger partial charge >= 0.3 is 0 Å². The zero-order valence-electron chi connectivity index (χ0n) is 10.1. The molecule has 18 heavy (non-hydrogen) atoms. The number of nitrogens with two attached hydrogens (primary N) is 1. The lowest BCUT2D eigenvalue weighted by molar-refractivity contribution is 0.386. The van der Waals surface area contributed by atoms with Gasteiger partial charge in [0.15, 0.2) is 11.6 Å². The molecule has 98 valence electrons. The maximum Gasteiger partial charge on any atom is 0.165 e. The van der Waals surface area contributed by atoms with Gasteiger partial charge in [-0.3, -0.25) is 5.10 Å². The molecule has 2 rings (SSSR count). The van der Waals surface area contributed by atoms with Gasteiger partial charge in [0.1, 0.15) is 0 Å². The Hall–Kier alpha value is -1.59. The van der Waals surface area contributed by atoms with E-state index in [-0.39, 0.29) is 18.2 Å². The summed E-state index contributed by atoms with van der Waals surface area (Å²) in [6.45, 7) is 1.85. The quantitative estimate of drug-likeness (QED) is 0.901. The number of aromatic nitrogens is 2. The molecule has 2 aromatic rings. The number of benzene rings is 1. The number of halogens is 2. The van der Waals surface area contributed by atoms with Gasteiger partial charge in [0.05, 0.1) is 18.8 Å². The van der Waals surface area contributed by atoms with Crippen molar-refractivity contribution in [3.05, 3.63) is 47.0 Å². The van der Waals surface area contributed by atoms with E-state index in [9.17, 15) is 4.39 Å². The molecular formula is C12H15ClFN3O. The molecule has 1 atom stereocenters. The Morgan fingerprint density at radius 1 is 1.44 bits per heavy atom. The van der Waals surface area contributed by atoms with Crippen molar-refractivity contribution in [1.29, 1.82) is 0 Å². The predicted octanol–water partition coefficient (Wildman–Crippen LogP) is 2.34. The van der Waals surface area contributed by atoms with Crippen LogP contribution in [0.4, 0.5) is 4.39 Å². The number of aryl methyl sites for hydroxylation is 1. The van der Waals surface area contributed by atoms with Crippen LogP contribution in [0.1, 0.15) is 22.9 Å². The largest absolute Gasteiger partial charge is 0.494 e. The first-order chi connectivity index (χ1) is 8.13. The highest BCUT2D eigenvalue weighted by molar-refractivity contribution is 5.85. The minimum Gasteiger partial charge on any atom is -0.494 e. The maximum atomic E-state index is 13.5. The molecule has 1 heterocycles. The first-order valence-electron chi connectivity index (χ1n) is 5.22. The van der Waals surface area contributed by atoms with Crippen molar-refractivity contribution in [2.75, 3.05) is 7.11 Å². The second-order valence-corrected chi connectivity index (χ2v) is 3.80. The van der Waals surface area contributed by atoms with Gasteiger partial charge < -0.3 is 10.5 Å². The van der Waals surface area contributed by atoms with Crippen molar-refractivity contribution < 1.29 is 9.13 Å². The molecule has 0 spiro atoms. The number of hydrogen-bond acceptors (Lipinski definition) is 3. The van der Waals surface area contributed by atoms with Gasteiger partial charge in [0.25, 0.3) is 0 Å². The highest BCUT2D eigenvalue weighted by atomic mass is 35.5. The summed E-state index contributed by atoms with van der Waals surface area (Å²) in [5.41, 5.74) is 8.41. The Morgan fingerprint density at radius 2 is 2.17 bits per heavy atom. The van der Waals surface area contributed by atoms with E-state index in [0.29, 0.717) is 5.56 Å². The number of H-pyrrole nitrogens is 1. The molecule has 0 aliphatic carbocycles. The monoisotopic (exact) mass is 271 g/mol. The molecular weight excluding hydrogens is 257 g/mol.